The Bertz CT molecular complexity index is 1750. The first-order chi connectivity index (χ1) is 20.4. The van der Waals surface area contributed by atoms with Gasteiger partial charge in [0.05, 0.1) is 34.9 Å². The first-order valence-electron chi connectivity index (χ1n) is 13.8. The fourth-order valence-electron chi connectivity index (χ4n) is 5.41. The van der Waals surface area contributed by atoms with Crippen LogP contribution in [0.15, 0.2) is 66.4 Å². The highest BCUT2D eigenvalue weighted by Crippen LogP contribution is 2.35. The lowest BCUT2D eigenvalue weighted by molar-refractivity contribution is 0.0748. The Morgan fingerprint density at radius 2 is 1.77 bits per heavy atom. The Labute approximate surface area is 264 Å². The van der Waals surface area contributed by atoms with Gasteiger partial charge in [0.15, 0.2) is 0 Å². The second kappa shape index (κ2) is 13.1. The molecule has 9 nitrogen and oxygen atoms in total. The van der Waals surface area contributed by atoms with Gasteiger partial charge in [0.2, 0.25) is 0 Å². The molecule has 1 aliphatic heterocycles. The summed E-state index contributed by atoms with van der Waals surface area (Å²) < 4.78 is 2.07. The summed E-state index contributed by atoms with van der Waals surface area (Å²) in [5.41, 5.74) is 6.56. The smallest absolute Gasteiger partial charge is 0.271 e. The number of nitrogens with zero attached hydrogens (tertiary/aromatic N) is 6. The van der Waals surface area contributed by atoms with Crippen LogP contribution in [0.3, 0.4) is 0 Å². The quantitative estimate of drug-likeness (QED) is 0.257. The molecule has 0 radical (unpaired) electrons. The molecule has 3 aromatic heterocycles. The minimum absolute atomic E-state index is 0. The summed E-state index contributed by atoms with van der Waals surface area (Å²) in [6, 6.07) is 15.7. The van der Waals surface area contributed by atoms with E-state index < -0.39 is 0 Å². The van der Waals surface area contributed by atoms with E-state index in [4.69, 9.17) is 11.6 Å². The topological polar surface area (TPSA) is 96.3 Å². The number of piperazine rings is 1. The summed E-state index contributed by atoms with van der Waals surface area (Å²) in [4.78, 5) is 44.8. The number of aromatic nitrogens is 4. The van der Waals surface area contributed by atoms with Gasteiger partial charge in [-0.15, -0.1) is 23.7 Å². The average Bonchev–Trinajstić information content (AvgIpc) is 3.56. The number of halogens is 2. The lowest BCUT2D eigenvalue weighted by atomic mass is 10.0. The molecule has 2 amide bonds. The van der Waals surface area contributed by atoms with Crippen molar-refractivity contribution in [1.82, 2.24) is 29.7 Å². The molecule has 0 atom stereocenters. The summed E-state index contributed by atoms with van der Waals surface area (Å²) in [5, 5.41) is 4.34. The molecule has 0 saturated carbocycles. The molecule has 1 aliphatic rings. The van der Waals surface area contributed by atoms with Crippen LogP contribution < -0.4 is 10.2 Å². The normalized spacial score (nSPS) is 13.2. The van der Waals surface area contributed by atoms with Crippen molar-refractivity contribution in [3.63, 3.8) is 0 Å². The molecule has 2 aromatic carbocycles. The predicted octanol–water partition coefficient (Wildman–Crippen LogP) is 5.41. The van der Waals surface area contributed by atoms with E-state index in [1.54, 1.807) is 17.5 Å². The van der Waals surface area contributed by atoms with Crippen molar-refractivity contribution in [2.45, 2.75) is 13.3 Å². The number of nitrogens with one attached hydrogen (secondary N) is 1. The van der Waals surface area contributed by atoms with Gasteiger partial charge in [-0.05, 0) is 30.7 Å². The maximum absolute atomic E-state index is 14.1. The number of thiazole rings is 1. The number of fused-ring (bicyclic) bond motifs is 1. The molecule has 43 heavy (non-hydrogen) atoms. The van der Waals surface area contributed by atoms with Crippen LogP contribution in [-0.4, -0.2) is 69.0 Å². The van der Waals surface area contributed by atoms with Gasteiger partial charge in [-0.1, -0.05) is 41.9 Å². The van der Waals surface area contributed by atoms with Crippen LogP contribution in [0, 0.1) is 6.92 Å². The van der Waals surface area contributed by atoms with Crippen molar-refractivity contribution in [1.29, 1.82) is 0 Å². The monoisotopic (exact) mass is 635 g/mol. The molecule has 0 spiro atoms. The molecule has 5 aromatic rings. The van der Waals surface area contributed by atoms with Gasteiger partial charge in [0.1, 0.15) is 11.5 Å². The summed E-state index contributed by atoms with van der Waals surface area (Å²) in [7, 11) is 1.98. The third kappa shape index (κ3) is 6.22. The van der Waals surface area contributed by atoms with Crippen molar-refractivity contribution < 1.29 is 9.59 Å². The number of hydrogen-bond donors (Lipinski definition) is 1. The second-order valence-electron chi connectivity index (χ2n) is 10.2. The molecule has 0 unspecified atom stereocenters. The van der Waals surface area contributed by atoms with Gasteiger partial charge in [0, 0.05) is 67.0 Å². The zero-order chi connectivity index (χ0) is 29.2. The first kappa shape index (κ1) is 30.5. The Kier molecular flexibility index (Phi) is 9.29. The van der Waals surface area contributed by atoms with Crippen LogP contribution >= 0.6 is 35.3 Å². The summed E-state index contributed by atoms with van der Waals surface area (Å²) in [5.74, 6) is 0.407. The Balaban J connectivity index is 0.00000368. The van der Waals surface area contributed by atoms with Crippen LogP contribution in [0.25, 0.3) is 22.2 Å². The number of carbonyl (C=O) groups excluding carboxylic acids is 2. The number of rotatable bonds is 7. The summed E-state index contributed by atoms with van der Waals surface area (Å²) in [6.07, 6.45) is 3.86. The van der Waals surface area contributed by atoms with E-state index in [1.165, 1.54) is 6.20 Å². The molecule has 12 heteroatoms. The van der Waals surface area contributed by atoms with E-state index in [2.05, 4.69) is 29.7 Å². The van der Waals surface area contributed by atoms with E-state index in [-0.39, 0.29) is 29.9 Å². The number of anilines is 1. The molecule has 0 aliphatic carbocycles. The SMILES string of the molecule is Cc1ncsc1CCNC(=O)c1cnc(N2CCN(C(=O)c3c(-c4ccccc4)n(C)c4ccc(Cl)cc34)CC2)cn1.Cl. The zero-order valence-corrected chi connectivity index (χ0v) is 26.2. The molecule has 1 N–H and O–H groups in total. The average molecular weight is 637 g/mol. The van der Waals surface area contributed by atoms with Crippen molar-refractivity contribution in [2.24, 2.45) is 7.05 Å². The van der Waals surface area contributed by atoms with Crippen molar-refractivity contribution in [3.05, 3.63) is 93.3 Å². The van der Waals surface area contributed by atoms with Crippen LogP contribution in [0.4, 0.5) is 5.82 Å². The van der Waals surface area contributed by atoms with Gasteiger partial charge < -0.3 is 19.7 Å². The van der Waals surface area contributed by atoms with Crippen molar-refractivity contribution in [3.8, 4) is 11.3 Å². The maximum Gasteiger partial charge on any atom is 0.271 e. The van der Waals surface area contributed by atoms with E-state index in [9.17, 15) is 9.59 Å². The van der Waals surface area contributed by atoms with E-state index >= 15 is 0 Å². The summed E-state index contributed by atoms with van der Waals surface area (Å²) >= 11 is 7.97. The molecule has 0 bridgehead atoms. The highest BCUT2D eigenvalue weighted by molar-refractivity contribution is 7.09. The van der Waals surface area contributed by atoms with Gasteiger partial charge >= 0.3 is 0 Å². The second-order valence-corrected chi connectivity index (χ2v) is 11.6. The lowest BCUT2D eigenvalue weighted by Gasteiger charge is -2.35. The van der Waals surface area contributed by atoms with Gasteiger partial charge in [-0.25, -0.2) is 15.0 Å². The van der Waals surface area contributed by atoms with E-state index in [0.29, 0.717) is 49.1 Å². The third-order valence-electron chi connectivity index (χ3n) is 7.67. The van der Waals surface area contributed by atoms with E-state index in [0.717, 1.165) is 39.2 Å². The fourth-order valence-corrected chi connectivity index (χ4v) is 6.37. The number of amides is 2. The molecular formula is C31H31Cl2N7O2S. The number of hydrogen-bond acceptors (Lipinski definition) is 7. The zero-order valence-electron chi connectivity index (χ0n) is 23.8. The number of carbonyl (C=O) groups is 2. The molecule has 4 heterocycles. The van der Waals surface area contributed by atoms with Crippen LogP contribution in [-0.2, 0) is 13.5 Å². The third-order valence-corrected chi connectivity index (χ3v) is 8.90. The Morgan fingerprint density at radius 3 is 2.44 bits per heavy atom. The Morgan fingerprint density at radius 1 is 1.00 bits per heavy atom. The predicted molar refractivity (Wildman–Crippen MR) is 174 cm³/mol. The lowest BCUT2D eigenvalue weighted by Crippen LogP contribution is -2.49. The Hall–Kier alpha value is -3.99. The minimum atomic E-state index is -0.254. The molecular weight excluding hydrogens is 605 g/mol. The van der Waals surface area contributed by atoms with Crippen molar-refractivity contribution >= 4 is 63.9 Å². The van der Waals surface area contributed by atoms with Crippen molar-refractivity contribution in [2.75, 3.05) is 37.6 Å². The van der Waals surface area contributed by atoms with Crippen LogP contribution in [0.2, 0.25) is 5.02 Å². The number of benzene rings is 2. The van der Waals surface area contributed by atoms with Crippen LogP contribution in [0.5, 0.6) is 0 Å². The standard InChI is InChI=1S/C31H30ClN7O2S.ClH/c1-20-26(42-19-36-20)10-11-33-30(40)24-17-35-27(18-34-24)38-12-14-39(15-13-38)31(41)28-23-16-22(32)8-9-25(23)37(2)29(28)21-6-4-3-5-7-21;/h3-9,16-19H,10-15H2,1-2H3,(H,33,40);1H. The molecule has 1 fully saturated rings. The van der Waals surface area contributed by atoms with Gasteiger partial charge in [-0.2, -0.15) is 0 Å². The highest BCUT2D eigenvalue weighted by Gasteiger charge is 2.29. The minimum Gasteiger partial charge on any atom is -0.352 e. The molecule has 222 valence electrons. The fraction of sp³-hybridized carbons (Fsp3) is 0.258. The summed E-state index contributed by atoms with van der Waals surface area (Å²) in [6.45, 7) is 4.75. The highest BCUT2D eigenvalue weighted by atomic mass is 35.5. The molecule has 6 rings (SSSR count). The molecule has 1 saturated heterocycles. The largest absolute Gasteiger partial charge is 0.352 e. The number of aryl methyl sites for hydroxylation is 2. The van der Waals surface area contributed by atoms with Gasteiger partial charge in [-0.3, -0.25) is 9.59 Å². The first-order valence-corrected chi connectivity index (χ1v) is 15.0. The maximum atomic E-state index is 14.1. The van der Waals surface area contributed by atoms with Gasteiger partial charge in [0.25, 0.3) is 11.8 Å². The van der Waals surface area contributed by atoms with E-state index in [1.807, 2.05) is 72.9 Å². The van der Waals surface area contributed by atoms with Crippen LogP contribution in [0.1, 0.15) is 31.4 Å².